The number of carbonyl (C=O) groups is 5. The molecule has 0 spiro atoms. The number of nitrogens with one attached hydrogen (secondary N) is 4. The van der Waals surface area contributed by atoms with Crippen LogP contribution in [0.5, 0.6) is 0 Å². The Kier molecular flexibility index (Phi) is 70.9. The predicted molar refractivity (Wildman–Crippen MR) is 317 cm³/mol. The number of amides is 2. The quantitative estimate of drug-likeness (QED) is 0.0582. The second-order valence-electron chi connectivity index (χ2n) is 12.6. The zero-order chi connectivity index (χ0) is 52.7. The van der Waals surface area contributed by atoms with E-state index in [0.29, 0.717) is 57.5 Å². The number of aliphatic hydroxyl groups excluding tert-OH is 1. The van der Waals surface area contributed by atoms with Crippen molar-refractivity contribution in [1.82, 2.24) is 31.1 Å². The van der Waals surface area contributed by atoms with Gasteiger partial charge in [-0.2, -0.15) is 6.92 Å². The molecule has 68 heavy (non-hydrogen) atoms. The molecule has 0 saturated carbocycles. The van der Waals surface area contributed by atoms with Gasteiger partial charge in [0.25, 0.3) is 0 Å². The molecule has 6 aliphatic rings. The molecule has 6 aliphatic heterocycles. The molecule has 6 unspecified atom stereocenters. The number of halogens is 5. The average molecular weight is 1640 g/mol. The summed E-state index contributed by atoms with van der Waals surface area (Å²) in [6.07, 6.45) is 3.79. The average Bonchev–Trinajstić information content (AvgIpc) is 3.86. The molecule has 402 valence electrons. The third-order valence-electron chi connectivity index (χ3n) is 9.27. The Morgan fingerprint density at radius 2 is 0.868 bits per heavy atom. The van der Waals surface area contributed by atoms with E-state index in [1.54, 1.807) is 23.6 Å². The molecule has 0 fully saturated rings. The Labute approximate surface area is 484 Å². The molecule has 0 aromatic heterocycles. The summed E-state index contributed by atoms with van der Waals surface area (Å²) in [5, 5.41) is 28.0. The van der Waals surface area contributed by atoms with E-state index in [9.17, 15) is 24.0 Å². The van der Waals surface area contributed by atoms with Crippen LogP contribution in [0.1, 0.15) is 152 Å². The molecule has 22 heteroatoms. The van der Waals surface area contributed by atoms with Gasteiger partial charge in [-0.3, -0.25) is 30.3 Å². The van der Waals surface area contributed by atoms with Gasteiger partial charge in [-0.1, -0.05) is 102 Å². The van der Waals surface area contributed by atoms with Crippen LogP contribution in [-0.4, -0.2) is 136 Å². The molecule has 6 rings (SSSR count). The Balaban J connectivity index is -0.0000000886. The molecule has 0 aromatic carbocycles. The van der Waals surface area contributed by atoms with Crippen LogP contribution in [0.25, 0.3) is 0 Å². The standard InChI is InChI=1S/2C11H16N2O2.C9H14N2O.C2H3O.4C2H6.CH3BO2.2CH3Br.2CH4.3HI.V.W/c2*1-6-10-9(15)4-5-12-11(10)7(2)13(6)8(3)14;1-5-8-7(12)3-4-10-9(8)6(2)11-5;1-2-3;4*1-2;3-1-2-4;2*1-2;;;;;;;/h2*6-7,12H,4-5H2,1-3H3;5-6,10-11H,3-4H2,1-2H3;1H3;4*1-2H3;1,3-4H;2*1H3;2*1H4;3*1H;;/q;;;-1;;;;;;;;;;;;;+3;/p-3. The molecule has 14 nitrogen and oxygen atoms in total. The third-order valence-corrected chi connectivity index (χ3v) is 9.27. The molecular formula is C46H90BBr2I3N6O8VW-. The van der Waals surface area contributed by atoms with Crippen LogP contribution in [0.2, 0.25) is 0 Å². The summed E-state index contributed by atoms with van der Waals surface area (Å²) >= 11 is 13.3. The molecule has 2 amide bonds. The Morgan fingerprint density at radius 1 is 0.632 bits per heavy atom. The van der Waals surface area contributed by atoms with Gasteiger partial charge < -0.3 is 35.9 Å². The van der Waals surface area contributed by atoms with Gasteiger partial charge in [-0.05, 0) is 53.2 Å². The maximum absolute atomic E-state index is 11.8. The molecule has 0 aliphatic carbocycles. The maximum Gasteiger partial charge on any atom is 0 e. The first-order valence-electron chi connectivity index (χ1n) is 22.0. The Bertz CT molecular complexity index is 1440. The van der Waals surface area contributed by atoms with Crippen molar-refractivity contribution in [2.45, 2.75) is 188 Å². The number of aliphatic hydroxyl groups is 1. The zero-order valence-corrected chi connectivity index (χ0v) is 56.8. The first kappa shape index (κ1) is 87.8. The van der Waals surface area contributed by atoms with Gasteiger partial charge in [-0.25, -0.2) is 0 Å². The van der Waals surface area contributed by atoms with Gasteiger partial charge in [0.15, 0.2) is 17.3 Å². The van der Waals surface area contributed by atoms with Crippen molar-refractivity contribution < 1.29 is 64.9 Å². The van der Waals surface area contributed by atoms with Crippen molar-refractivity contribution >= 4 is 141 Å². The van der Waals surface area contributed by atoms with Crippen LogP contribution in [0.3, 0.4) is 0 Å². The van der Waals surface area contributed by atoms with E-state index in [1.807, 2.05) is 102 Å². The van der Waals surface area contributed by atoms with Crippen molar-refractivity contribution in [3.8, 4) is 0 Å². The van der Waals surface area contributed by atoms with Gasteiger partial charge >= 0.3 is 88.3 Å². The van der Waals surface area contributed by atoms with Gasteiger partial charge in [0.05, 0.1) is 24.2 Å². The second-order valence-corrected chi connectivity index (χ2v) is 48.0. The van der Waals surface area contributed by atoms with E-state index in [4.69, 9.17) is 14.9 Å². The number of alkyl halides is 2. The zero-order valence-electron chi connectivity index (χ0n) is 42.8. The van der Waals surface area contributed by atoms with Crippen molar-refractivity contribution in [3.05, 3.63) is 33.8 Å². The normalized spacial score (nSPS) is 21.2. The van der Waals surface area contributed by atoms with Crippen molar-refractivity contribution in [3.63, 3.8) is 0 Å². The number of nitrogens with zero attached hydrogens (tertiary/aromatic N) is 2. The maximum atomic E-state index is 11.8. The minimum Gasteiger partial charge on any atom is 0 e. The van der Waals surface area contributed by atoms with Crippen LogP contribution in [0, 0.1) is 0 Å². The van der Waals surface area contributed by atoms with Gasteiger partial charge in [0.2, 0.25) is 11.8 Å². The molecule has 6 heterocycles. The number of ketones is 3. The molecule has 6 N–H and O–H groups in total. The number of hydrogen-bond acceptors (Lipinski definition) is 12. The van der Waals surface area contributed by atoms with Crippen LogP contribution in [-0.2, 0) is 54.8 Å². The van der Waals surface area contributed by atoms with Crippen molar-refractivity contribution in [2.24, 2.45) is 0 Å². The molecule has 0 bridgehead atoms. The SMILES string of the molecule is C.C.CBr.CBr.CC.CC.CC.CC.CC(=O)N1C(C)C2=C(C(=O)CCN2)C1C.CC(=O)N1C(C)C2=C(C(=O)CCN2)C1C.CC1NC(C)C2=C1NCCC2=O.C[C-]=O.OB=CO.[I][V]([I])[I].[W]. The first-order valence-corrected chi connectivity index (χ1v) is 38.7. The number of Topliss-reactive ketones (excluding diaryl/α,β-unsaturated/α-hetero) is 3. The van der Waals surface area contributed by atoms with E-state index in [1.165, 1.54) is 13.2 Å². The van der Waals surface area contributed by atoms with Gasteiger partial charge in [0, 0.05) is 120 Å². The predicted octanol–water partition coefficient (Wildman–Crippen LogP) is 9.96. The molecular weight excluding hydrogens is 1550 g/mol. The number of rotatable bonds is 0. The molecule has 0 aromatic rings. The monoisotopic (exact) mass is 1640 g/mol. The summed E-state index contributed by atoms with van der Waals surface area (Å²) in [6.45, 7) is 34.5. The molecule has 0 saturated heterocycles. The fourth-order valence-corrected chi connectivity index (χ4v) is 7.45. The minimum atomic E-state index is -0.278. The van der Waals surface area contributed by atoms with Crippen LogP contribution in [0.4, 0.5) is 0 Å². The first-order chi connectivity index (χ1) is 30.8. The minimum absolute atomic E-state index is 0. The molecule has 0 radical (unpaired) electrons. The van der Waals surface area contributed by atoms with Gasteiger partial charge in [-0.15, -0.1) is 0 Å². The van der Waals surface area contributed by atoms with Crippen molar-refractivity contribution in [2.75, 3.05) is 31.3 Å². The third kappa shape index (κ3) is 31.0. The topological polar surface area (TPSA) is 197 Å². The fraction of sp³-hybridized carbons (Fsp3) is 0.717. The van der Waals surface area contributed by atoms with Crippen molar-refractivity contribution in [1.29, 1.82) is 0 Å². The summed E-state index contributed by atoms with van der Waals surface area (Å²) in [4.78, 5) is 69.9. The number of carbonyl (C=O) groups excluding carboxylic acids is 6. The van der Waals surface area contributed by atoms with Crippen LogP contribution < -0.4 is 21.3 Å². The smallest absolute Gasteiger partial charge is 0 e. The van der Waals surface area contributed by atoms with E-state index in [0.717, 1.165) is 40.4 Å². The van der Waals surface area contributed by atoms with E-state index < -0.39 is 0 Å². The second kappa shape index (κ2) is 54.9. The fourth-order valence-electron chi connectivity index (χ4n) is 7.45. The Morgan fingerprint density at radius 3 is 1.07 bits per heavy atom. The van der Waals surface area contributed by atoms with E-state index in [2.05, 4.69) is 120 Å². The summed E-state index contributed by atoms with van der Waals surface area (Å²) in [5.74, 6) is 4.37. The number of hydrogen-bond donors (Lipinski definition) is 6. The Hall–Kier alpha value is 0.158. The molecule has 6 atom stereocenters. The summed E-state index contributed by atoms with van der Waals surface area (Å²) in [7, 11) is 0.556. The summed E-state index contributed by atoms with van der Waals surface area (Å²) < 4.78 is 0. The largest absolute Gasteiger partial charge is 0 e. The summed E-state index contributed by atoms with van der Waals surface area (Å²) in [5.41, 5.74) is 5.63. The summed E-state index contributed by atoms with van der Waals surface area (Å²) in [6, 6.07) is 0.420. The van der Waals surface area contributed by atoms with E-state index >= 15 is 0 Å². The van der Waals surface area contributed by atoms with Crippen LogP contribution in [0.15, 0.2) is 33.8 Å². The van der Waals surface area contributed by atoms with E-state index in [-0.39, 0.29) is 94.4 Å². The van der Waals surface area contributed by atoms with Crippen LogP contribution >= 0.6 is 91.8 Å². The van der Waals surface area contributed by atoms with Gasteiger partial charge in [0.1, 0.15) is 0 Å².